The molecule has 6 N–H and O–H groups in total. The largest absolute Gasteiger partial charge is 0.477 e. The van der Waals surface area contributed by atoms with Gasteiger partial charge in [-0.25, -0.2) is 4.79 Å². The number of hydrogen-bond acceptors (Lipinski definition) is 5. The Labute approximate surface area is 148 Å². The minimum atomic E-state index is -1.13. The van der Waals surface area contributed by atoms with E-state index in [9.17, 15) is 19.5 Å². The van der Waals surface area contributed by atoms with E-state index in [1.165, 1.54) is 16.7 Å². The van der Waals surface area contributed by atoms with Crippen LogP contribution in [0.25, 0.3) is 0 Å². The molecule has 0 spiro atoms. The number of carbonyl (C=O) groups is 3. The van der Waals surface area contributed by atoms with E-state index >= 15 is 0 Å². The molecule has 1 aromatic rings. The van der Waals surface area contributed by atoms with Gasteiger partial charge in [0.2, 0.25) is 5.91 Å². The Balaban J connectivity index is 0.00000225. The van der Waals surface area contributed by atoms with Crippen LogP contribution in [0.5, 0.6) is 0 Å². The van der Waals surface area contributed by atoms with Crippen molar-refractivity contribution in [2.45, 2.75) is 24.4 Å². The first-order valence-electron chi connectivity index (χ1n) is 7.40. The molecule has 2 heterocycles. The number of nitrogens with two attached hydrogens (primary N) is 1. The lowest BCUT2D eigenvalue weighted by molar-refractivity contribution is -0.150. The second-order valence-electron chi connectivity index (χ2n) is 5.72. The summed E-state index contributed by atoms with van der Waals surface area (Å²) in [5.41, 5.74) is 7.24. The highest BCUT2D eigenvalue weighted by Gasteiger charge is 2.53. The number of thioether (sulfide) groups is 1. The number of hydrogen-bond donors (Lipinski definition) is 3. The Morgan fingerprint density at radius 1 is 1.36 bits per heavy atom. The van der Waals surface area contributed by atoms with Crippen molar-refractivity contribution in [1.82, 2.24) is 10.2 Å². The number of fused-ring (bicyclic) bond motifs is 1. The smallest absolute Gasteiger partial charge is 0.352 e. The molecule has 1 aromatic carbocycles. The first kappa shape index (κ1) is 19.0. The van der Waals surface area contributed by atoms with Gasteiger partial charge in [0.05, 0.1) is 0 Å². The van der Waals surface area contributed by atoms with Crippen LogP contribution in [0.4, 0.5) is 0 Å². The van der Waals surface area contributed by atoms with E-state index in [-0.39, 0.29) is 11.2 Å². The summed E-state index contributed by atoms with van der Waals surface area (Å²) in [7, 11) is 0. The third-order valence-electron chi connectivity index (χ3n) is 4.10. The zero-order chi connectivity index (χ0) is 17.4. The Morgan fingerprint density at radius 3 is 2.60 bits per heavy atom. The molecule has 0 bridgehead atoms. The molecule has 0 saturated carbocycles. The molecule has 2 amide bonds. The van der Waals surface area contributed by atoms with E-state index in [4.69, 9.17) is 5.73 Å². The molecule has 0 aromatic heterocycles. The maximum Gasteiger partial charge on any atom is 0.352 e. The van der Waals surface area contributed by atoms with Gasteiger partial charge in [0.25, 0.3) is 5.91 Å². The molecule has 0 radical (unpaired) electrons. The van der Waals surface area contributed by atoms with Gasteiger partial charge >= 0.3 is 5.97 Å². The predicted octanol–water partition coefficient (Wildman–Crippen LogP) is -0.380. The van der Waals surface area contributed by atoms with Crippen LogP contribution in [0.2, 0.25) is 0 Å². The van der Waals surface area contributed by atoms with Gasteiger partial charge < -0.3 is 21.6 Å². The van der Waals surface area contributed by atoms with Crippen LogP contribution >= 0.6 is 11.8 Å². The number of aliphatic carboxylic acids is 1. The van der Waals surface area contributed by atoms with Crippen molar-refractivity contribution in [3.05, 3.63) is 47.2 Å². The second-order valence-corrected chi connectivity index (χ2v) is 6.82. The summed E-state index contributed by atoms with van der Waals surface area (Å²) in [5.74, 6) is -1.50. The molecule has 1 saturated heterocycles. The molecule has 9 heteroatoms. The second kappa shape index (κ2) is 7.26. The fraction of sp³-hybridized carbons (Fsp3) is 0.312. The number of carbonyl (C=O) groups excluding carboxylic acids is 2. The van der Waals surface area contributed by atoms with Crippen molar-refractivity contribution < 1.29 is 25.0 Å². The van der Waals surface area contributed by atoms with Gasteiger partial charge in [-0.2, -0.15) is 0 Å². The number of nitrogens with zero attached hydrogens (tertiary/aromatic N) is 1. The van der Waals surface area contributed by atoms with Crippen molar-refractivity contribution >= 4 is 29.5 Å². The van der Waals surface area contributed by atoms with Gasteiger partial charge in [0, 0.05) is 5.75 Å². The molecule has 8 nitrogen and oxygen atoms in total. The van der Waals surface area contributed by atoms with Crippen LogP contribution in [-0.4, -0.2) is 50.4 Å². The highest BCUT2D eigenvalue weighted by molar-refractivity contribution is 8.00. The molecule has 3 atom stereocenters. The number of amides is 2. The van der Waals surface area contributed by atoms with Crippen LogP contribution < -0.4 is 11.1 Å². The van der Waals surface area contributed by atoms with Gasteiger partial charge in [-0.15, -0.1) is 11.8 Å². The summed E-state index contributed by atoms with van der Waals surface area (Å²) in [5, 5.41) is 11.5. The van der Waals surface area contributed by atoms with E-state index in [0.29, 0.717) is 16.9 Å². The third kappa shape index (κ3) is 3.26. The fourth-order valence-corrected chi connectivity index (χ4v) is 4.12. The summed E-state index contributed by atoms with van der Waals surface area (Å²) >= 11 is 1.43. The number of rotatable bonds is 4. The van der Waals surface area contributed by atoms with Gasteiger partial charge in [0.1, 0.15) is 23.2 Å². The van der Waals surface area contributed by atoms with Crippen molar-refractivity contribution in [1.29, 1.82) is 0 Å². The number of nitrogens with one attached hydrogen (secondary N) is 1. The molecule has 3 unspecified atom stereocenters. The first-order valence-corrected chi connectivity index (χ1v) is 8.45. The third-order valence-corrected chi connectivity index (χ3v) is 5.52. The molecule has 1 fully saturated rings. The Bertz CT molecular complexity index is 737. The Hall–Kier alpha value is -2.36. The van der Waals surface area contributed by atoms with Gasteiger partial charge in [-0.05, 0) is 18.1 Å². The molecule has 2 aliphatic heterocycles. The molecular formula is C16H19N3O5S. The minimum absolute atomic E-state index is 0. The lowest BCUT2D eigenvalue weighted by Gasteiger charge is -2.49. The number of benzene rings is 1. The maximum atomic E-state index is 12.3. The van der Waals surface area contributed by atoms with E-state index in [2.05, 4.69) is 5.32 Å². The van der Waals surface area contributed by atoms with Crippen molar-refractivity contribution in [2.24, 2.45) is 5.73 Å². The number of carboxylic acid groups (broad SMARTS) is 1. The highest BCUT2D eigenvalue weighted by Crippen LogP contribution is 2.40. The molecule has 25 heavy (non-hydrogen) atoms. The van der Waals surface area contributed by atoms with E-state index in [1.807, 2.05) is 6.07 Å². The average molecular weight is 365 g/mol. The highest BCUT2D eigenvalue weighted by atomic mass is 32.2. The molecular weight excluding hydrogens is 346 g/mol. The maximum absolute atomic E-state index is 12.3. The van der Waals surface area contributed by atoms with Gasteiger partial charge in [-0.1, -0.05) is 30.3 Å². The van der Waals surface area contributed by atoms with Crippen molar-refractivity contribution in [3.8, 4) is 0 Å². The quantitative estimate of drug-likeness (QED) is 0.620. The van der Waals surface area contributed by atoms with Crippen molar-refractivity contribution in [2.75, 3.05) is 5.75 Å². The van der Waals surface area contributed by atoms with E-state index in [1.54, 1.807) is 31.2 Å². The minimum Gasteiger partial charge on any atom is -0.477 e. The normalized spacial score (nSPS) is 23.1. The molecule has 0 aliphatic carbocycles. The van der Waals surface area contributed by atoms with Crippen LogP contribution in [0.15, 0.2) is 41.6 Å². The lowest BCUT2D eigenvalue weighted by Crippen LogP contribution is -2.71. The summed E-state index contributed by atoms with van der Waals surface area (Å²) in [6.45, 7) is 1.69. The molecule has 134 valence electrons. The Morgan fingerprint density at radius 2 is 2.00 bits per heavy atom. The lowest BCUT2D eigenvalue weighted by atomic mass is 10.0. The van der Waals surface area contributed by atoms with E-state index < -0.39 is 35.2 Å². The number of β-lactam (4-membered cyclic amide) rings is 1. The predicted molar refractivity (Wildman–Crippen MR) is 92.3 cm³/mol. The fourth-order valence-electron chi connectivity index (χ4n) is 2.83. The summed E-state index contributed by atoms with van der Waals surface area (Å²) < 4.78 is 0. The summed E-state index contributed by atoms with van der Waals surface area (Å²) in [6.07, 6.45) is 0. The summed E-state index contributed by atoms with van der Waals surface area (Å²) in [4.78, 5) is 37.2. The van der Waals surface area contributed by atoms with Crippen LogP contribution in [0, 0.1) is 0 Å². The van der Waals surface area contributed by atoms with Gasteiger partial charge in [0.15, 0.2) is 0 Å². The monoisotopic (exact) mass is 365 g/mol. The summed E-state index contributed by atoms with van der Waals surface area (Å²) in [6, 6.07) is 7.23. The van der Waals surface area contributed by atoms with Crippen LogP contribution in [0.3, 0.4) is 0 Å². The first-order chi connectivity index (χ1) is 11.4. The molecule has 3 rings (SSSR count). The average Bonchev–Trinajstić information content (AvgIpc) is 2.59. The van der Waals surface area contributed by atoms with Crippen LogP contribution in [0.1, 0.15) is 18.5 Å². The standard InChI is InChI=1S/C16H17N3O4S.H2O/c1-8-7-24-15-11(14(21)19(15)12(8)16(22)23)18-13(20)10(17)9-5-3-2-4-6-9;/h2-6,10-11,15H,7,17H2,1H3,(H,18,20)(H,22,23);1H2. The topological polar surface area (TPSA) is 144 Å². The zero-order valence-electron chi connectivity index (χ0n) is 13.4. The zero-order valence-corrected chi connectivity index (χ0v) is 14.2. The molecule has 2 aliphatic rings. The number of carboxylic acids is 1. The Kier molecular flexibility index (Phi) is 5.51. The SMILES string of the molecule is CC1=C(C(=O)O)N2C(=O)C(NC(=O)C(N)c3ccccc3)C2SC1.O. The van der Waals surface area contributed by atoms with Gasteiger partial charge in [-0.3, -0.25) is 14.5 Å². The van der Waals surface area contributed by atoms with E-state index in [0.717, 1.165) is 0 Å². The van der Waals surface area contributed by atoms with Crippen molar-refractivity contribution in [3.63, 3.8) is 0 Å². The van der Waals surface area contributed by atoms with Crippen LogP contribution in [-0.2, 0) is 14.4 Å².